The third kappa shape index (κ3) is 4.18. The molecule has 29 heavy (non-hydrogen) atoms. The number of aryl methyl sites for hydroxylation is 1. The van der Waals surface area contributed by atoms with Gasteiger partial charge in [-0.3, -0.25) is 10.1 Å². The number of thiazole rings is 1. The van der Waals surface area contributed by atoms with Gasteiger partial charge < -0.3 is 0 Å². The van der Waals surface area contributed by atoms with Crippen molar-refractivity contribution in [2.45, 2.75) is 13.3 Å². The summed E-state index contributed by atoms with van der Waals surface area (Å²) in [6.45, 7) is 1.74. The molecule has 4 aromatic rings. The lowest BCUT2D eigenvalue weighted by Gasteiger charge is -2.04. The van der Waals surface area contributed by atoms with E-state index < -0.39 is 5.91 Å². The van der Waals surface area contributed by atoms with Gasteiger partial charge in [0, 0.05) is 17.5 Å². The minimum Gasteiger partial charge on any atom is -0.295 e. The maximum atomic E-state index is 13.8. The summed E-state index contributed by atoms with van der Waals surface area (Å²) in [7, 11) is 0. The molecule has 0 saturated carbocycles. The van der Waals surface area contributed by atoms with Crippen LogP contribution in [0.3, 0.4) is 0 Å². The van der Waals surface area contributed by atoms with Crippen molar-refractivity contribution < 1.29 is 9.18 Å². The predicted molar refractivity (Wildman–Crippen MR) is 110 cm³/mol. The fourth-order valence-corrected chi connectivity index (χ4v) is 3.81. The summed E-state index contributed by atoms with van der Waals surface area (Å²) in [4.78, 5) is 21.8. The van der Waals surface area contributed by atoms with Gasteiger partial charge in [0.15, 0.2) is 5.13 Å². The molecule has 1 N–H and O–H groups in total. The Hall–Kier alpha value is -3.10. The number of nitrogens with one attached hydrogen (secondary N) is 1. The molecule has 0 fully saturated rings. The van der Waals surface area contributed by atoms with Gasteiger partial charge in [0.2, 0.25) is 5.82 Å². The molecule has 4 rings (SSSR count). The van der Waals surface area contributed by atoms with Crippen LogP contribution in [-0.2, 0) is 6.42 Å². The van der Waals surface area contributed by atoms with E-state index in [2.05, 4.69) is 20.4 Å². The van der Waals surface area contributed by atoms with Crippen molar-refractivity contribution in [2.24, 2.45) is 0 Å². The fourth-order valence-electron chi connectivity index (χ4n) is 2.77. The second-order valence-electron chi connectivity index (χ2n) is 6.20. The zero-order valence-corrected chi connectivity index (χ0v) is 16.8. The van der Waals surface area contributed by atoms with E-state index in [4.69, 9.17) is 11.6 Å². The molecule has 146 valence electrons. The smallest absolute Gasteiger partial charge is 0.295 e. The molecule has 2 aromatic heterocycles. The number of benzene rings is 2. The molecule has 0 aliphatic rings. The third-order valence-corrected chi connectivity index (χ3v) is 5.38. The van der Waals surface area contributed by atoms with E-state index in [1.807, 2.05) is 12.1 Å². The van der Waals surface area contributed by atoms with Crippen LogP contribution in [-0.4, -0.2) is 25.7 Å². The molecule has 2 heterocycles. The summed E-state index contributed by atoms with van der Waals surface area (Å²) in [5, 5.41) is 7.85. The summed E-state index contributed by atoms with van der Waals surface area (Å²) in [6.07, 6.45) is 2.02. The van der Waals surface area contributed by atoms with E-state index in [1.54, 1.807) is 43.5 Å². The molecule has 0 aliphatic heterocycles. The zero-order valence-electron chi connectivity index (χ0n) is 15.3. The van der Waals surface area contributed by atoms with Crippen molar-refractivity contribution in [1.82, 2.24) is 19.7 Å². The highest BCUT2D eigenvalue weighted by Gasteiger charge is 2.18. The highest BCUT2D eigenvalue weighted by Crippen LogP contribution is 2.23. The number of aromatic nitrogens is 4. The summed E-state index contributed by atoms with van der Waals surface area (Å²) in [5.41, 5.74) is 1.21. The number of para-hydroxylation sites is 1. The largest absolute Gasteiger partial charge is 0.297 e. The Bertz CT molecular complexity index is 1190. The van der Waals surface area contributed by atoms with Gasteiger partial charge in [-0.1, -0.05) is 41.9 Å². The molecule has 0 saturated heterocycles. The summed E-state index contributed by atoms with van der Waals surface area (Å²) in [6, 6.07) is 13.7. The van der Waals surface area contributed by atoms with Gasteiger partial charge in [0.05, 0.1) is 10.7 Å². The maximum absolute atomic E-state index is 13.8. The van der Waals surface area contributed by atoms with Crippen molar-refractivity contribution in [2.75, 3.05) is 5.32 Å². The molecule has 9 heteroatoms. The zero-order chi connectivity index (χ0) is 20.4. The van der Waals surface area contributed by atoms with E-state index in [0.29, 0.717) is 33.7 Å². The van der Waals surface area contributed by atoms with Crippen LogP contribution < -0.4 is 5.32 Å². The molecular formula is C20H15ClFN5OS. The predicted octanol–water partition coefficient (Wildman–Crippen LogP) is 4.67. The number of hydrogen-bond donors (Lipinski definition) is 1. The number of anilines is 1. The average Bonchev–Trinajstić information content (AvgIpc) is 3.30. The molecule has 1 amide bonds. The molecule has 6 nitrogen and oxygen atoms in total. The molecule has 0 aliphatic carbocycles. The standard InChI is InChI=1S/C20H15ClFN5OS/c1-12-24-18(26-27(12)17-9-5-3-7-15(17)21)19(28)25-20-23-11-14(29-20)10-13-6-2-4-8-16(13)22/h2-9,11H,10H2,1H3,(H,23,25,28). The fraction of sp³-hybridized carbons (Fsp3) is 0.100. The second kappa shape index (κ2) is 8.10. The first-order valence-electron chi connectivity index (χ1n) is 8.69. The number of nitrogens with zero attached hydrogens (tertiary/aromatic N) is 4. The third-order valence-electron chi connectivity index (χ3n) is 4.15. The number of halogens is 2. The van der Waals surface area contributed by atoms with E-state index >= 15 is 0 Å². The van der Waals surface area contributed by atoms with Gasteiger partial charge in [-0.15, -0.1) is 16.4 Å². The van der Waals surface area contributed by atoms with Crippen LogP contribution in [0.5, 0.6) is 0 Å². The number of rotatable bonds is 5. The van der Waals surface area contributed by atoms with Crippen LogP contribution in [0.25, 0.3) is 5.69 Å². The Morgan fingerprint density at radius 3 is 2.76 bits per heavy atom. The van der Waals surface area contributed by atoms with Crippen molar-refractivity contribution >= 4 is 34.0 Å². The SMILES string of the molecule is Cc1nc(C(=O)Nc2ncc(Cc3ccccc3F)s2)nn1-c1ccccc1Cl. The first-order valence-corrected chi connectivity index (χ1v) is 9.89. The quantitative estimate of drug-likeness (QED) is 0.502. The molecule has 2 aromatic carbocycles. The van der Waals surface area contributed by atoms with Gasteiger partial charge in [-0.2, -0.15) is 0 Å². The summed E-state index contributed by atoms with van der Waals surface area (Å²) >= 11 is 7.48. The summed E-state index contributed by atoms with van der Waals surface area (Å²) < 4.78 is 15.3. The average molecular weight is 428 g/mol. The lowest BCUT2D eigenvalue weighted by Crippen LogP contribution is -2.14. The minimum absolute atomic E-state index is 0.00766. The highest BCUT2D eigenvalue weighted by molar-refractivity contribution is 7.15. The Labute approximate surface area is 175 Å². The van der Waals surface area contributed by atoms with Crippen LogP contribution >= 0.6 is 22.9 Å². The Morgan fingerprint density at radius 2 is 1.97 bits per heavy atom. The normalized spacial score (nSPS) is 10.9. The van der Waals surface area contributed by atoms with Gasteiger partial charge >= 0.3 is 0 Å². The Kier molecular flexibility index (Phi) is 5.37. The van der Waals surface area contributed by atoms with Crippen molar-refractivity contribution in [1.29, 1.82) is 0 Å². The van der Waals surface area contributed by atoms with Gasteiger partial charge in [-0.25, -0.2) is 19.0 Å². The first kappa shape index (κ1) is 19.2. The first-order chi connectivity index (χ1) is 14.0. The number of carbonyl (C=O) groups is 1. The van der Waals surface area contributed by atoms with E-state index in [0.717, 1.165) is 4.88 Å². The van der Waals surface area contributed by atoms with Crippen LogP contribution in [0, 0.1) is 12.7 Å². The van der Waals surface area contributed by atoms with Crippen molar-refractivity contribution in [3.05, 3.63) is 87.7 Å². The molecular weight excluding hydrogens is 413 g/mol. The van der Waals surface area contributed by atoms with E-state index in [1.165, 1.54) is 22.1 Å². The lowest BCUT2D eigenvalue weighted by atomic mass is 10.1. The number of hydrogen-bond acceptors (Lipinski definition) is 5. The molecule has 0 unspecified atom stereocenters. The second-order valence-corrected chi connectivity index (χ2v) is 7.72. The van der Waals surface area contributed by atoms with Gasteiger partial charge in [-0.05, 0) is 30.7 Å². The topological polar surface area (TPSA) is 72.7 Å². The number of amides is 1. The highest BCUT2D eigenvalue weighted by atomic mass is 35.5. The minimum atomic E-state index is -0.481. The molecule has 0 bridgehead atoms. The molecule has 0 spiro atoms. The lowest BCUT2D eigenvalue weighted by molar-refractivity contribution is 0.101. The van der Waals surface area contributed by atoms with Gasteiger partial charge in [0.25, 0.3) is 5.91 Å². The van der Waals surface area contributed by atoms with E-state index in [-0.39, 0.29) is 11.6 Å². The van der Waals surface area contributed by atoms with Crippen LogP contribution in [0.2, 0.25) is 5.02 Å². The monoisotopic (exact) mass is 427 g/mol. The Morgan fingerprint density at radius 1 is 1.21 bits per heavy atom. The summed E-state index contributed by atoms with van der Waals surface area (Å²) in [5.74, 6) is -0.210. The van der Waals surface area contributed by atoms with Crippen LogP contribution in [0.15, 0.2) is 54.7 Å². The maximum Gasteiger partial charge on any atom is 0.297 e. The molecule has 0 radical (unpaired) electrons. The van der Waals surface area contributed by atoms with Gasteiger partial charge in [0.1, 0.15) is 11.6 Å². The van der Waals surface area contributed by atoms with Crippen LogP contribution in [0.4, 0.5) is 9.52 Å². The molecule has 0 atom stereocenters. The Balaban J connectivity index is 1.49. The van der Waals surface area contributed by atoms with Crippen LogP contribution in [0.1, 0.15) is 26.9 Å². The number of carbonyl (C=O) groups excluding carboxylic acids is 1. The van der Waals surface area contributed by atoms with Crippen molar-refractivity contribution in [3.8, 4) is 5.69 Å². The van der Waals surface area contributed by atoms with E-state index in [9.17, 15) is 9.18 Å². The van der Waals surface area contributed by atoms with Crippen molar-refractivity contribution in [3.63, 3.8) is 0 Å².